The van der Waals surface area contributed by atoms with Crippen LogP contribution >= 0.6 is 23.1 Å². The lowest BCUT2D eigenvalue weighted by Crippen LogP contribution is -2.22. The van der Waals surface area contributed by atoms with Crippen molar-refractivity contribution in [3.8, 4) is 0 Å². The van der Waals surface area contributed by atoms with E-state index in [0.717, 1.165) is 16.0 Å². The topological polar surface area (TPSA) is 110 Å². The Kier molecular flexibility index (Phi) is 5.94. The Morgan fingerprint density at radius 3 is 2.61 bits per heavy atom. The van der Waals surface area contributed by atoms with Crippen molar-refractivity contribution < 1.29 is 9.59 Å². The Labute approximate surface area is 142 Å². The maximum absolute atomic E-state index is 12.2. The molecule has 7 nitrogen and oxygen atoms in total. The van der Waals surface area contributed by atoms with E-state index in [2.05, 4.69) is 20.8 Å². The van der Waals surface area contributed by atoms with Gasteiger partial charge in [0.25, 0.3) is 0 Å². The molecule has 2 rings (SSSR count). The molecule has 4 N–H and O–H groups in total. The van der Waals surface area contributed by atoms with E-state index in [1.165, 1.54) is 23.1 Å². The summed E-state index contributed by atoms with van der Waals surface area (Å²) in [4.78, 5) is 23.2. The molecule has 0 radical (unpaired) electrons. The number of thioether (sulfide) groups is 1. The van der Waals surface area contributed by atoms with E-state index in [0.29, 0.717) is 11.3 Å². The first-order chi connectivity index (χ1) is 11.0. The third-order valence-corrected chi connectivity index (χ3v) is 4.88. The average Bonchev–Trinajstić information content (AvgIpc) is 2.95. The van der Waals surface area contributed by atoms with E-state index in [4.69, 9.17) is 5.73 Å². The molecule has 122 valence electrons. The number of nitrogens with zero attached hydrogens (tertiary/aromatic N) is 2. The van der Waals surface area contributed by atoms with Crippen LogP contribution in [0.5, 0.6) is 0 Å². The predicted molar refractivity (Wildman–Crippen MR) is 93.0 cm³/mol. The maximum atomic E-state index is 12.2. The Balaban J connectivity index is 1.92. The van der Waals surface area contributed by atoms with Crippen LogP contribution in [0.25, 0.3) is 0 Å². The second-order valence-corrected chi connectivity index (χ2v) is 7.16. The molecule has 0 saturated heterocycles. The molecular formula is C14H17N5O2S2. The number of rotatable bonds is 7. The summed E-state index contributed by atoms with van der Waals surface area (Å²) in [5.41, 5.74) is 6.18. The molecular weight excluding hydrogens is 334 g/mol. The summed E-state index contributed by atoms with van der Waals surface area (Å²) in [6.07, 6.45) is 0. The van der Waals surface area contributed by atoms with Crippen LogP contribution in [0.4, 0.5) is 10.8 Å². The standard InChI is InChI=1S/C14H17N5O2S2/c1-3-16-13-18-19-14(23-13)22-8(2)12(21)17-10-6-4-9(5-7-10)11(15)20/h4-8H,3H2,1-2H3,(H2,15,20)(H,16,18)(H,17,21)/t8-/m1/s1. The number of benzene rings is 1. The number of primary amides is 1. The molecule has 1 aromatic heterocycles. The first kappa shape index (κ1) is 17.2. The van der Waals surface area contributed by atoms with Gasteiger partial charge < -0.3 is 16.4 Å². The van der Waals surface area contributed by atoms with E-state index < -0.39 is 5.91 Å². The van der Waals surface area contributed by atoms with E-state index >= 15 is 0 Å². The number of carbonyl (C=O) groups excluding carboxylic acids is 2. The molecule has 0 aliphatic carbocycles. The molecule has 2 amide bonds. The molecule has 1 aromatic carbocycles. The summed E-state index contributed by atoms with van der Waals surface area (Å²) in [6.45, 7) is 4.55. The Hall–Kier alpha value is -2.13. The van der Waals surface area contributed by atoms with E-state index in [1.807, 2.05) is 6.92 Å². The number of nitrogens with two attached hydrogens (primary N) is 1. The largest absolute Gasteiger partial charge is 0.366 e. The average molecular weight is 351 g/mol. The first-order valence-corrected chi connectivity index (χ1v) is 8.64. The highest BCUT2D eigenvalue weighted by Crippen LogP contribution is 2.29. The van der Waals surface area contributed by atoms with Crippen molar-refractivity contribution in [2.24, 2.45) is 5.73 Å². The second-order valence-electron chi connectivity index (χ2n) is 4.59. The zero-order valence-electron chi connectivity index (χ0n) is 12.7. The van der Waals surface area contributed by atoms with Gasteiger partial charge in [-0.1, -0.05) is 23.1 Å². The van der Waals surface area contributed by atoms with Crippen molar-refractivity contribution in [2.45, 2.75) is 23.4 Å². The zero-order valence-corrected chi connectivity index (χ0v) is 14.3. The number of anilines is 2. The molecule has 0 fully saturated rings. The number of amides is 2. The molecule has 0 saturated carbocycles. The summed E-state index contributed by atoms with van der Waals surface area (Å²) in [5.74, 6) is -0.651. The van der Waals surface area contributed by atoms with Gasteiger partial charge in [0.1, 0.15) is 0 Å². The van der Waals surface area contributed by atoms with Gasteiger partial charge in [-0.15, -0.1) is 10.2 Å². The number of nitrogens with one attached hydrogen (secondary N) is 2. The minimum Gasteiger partial charge on any atom is -0.366 e. The van der Waals surface area contributed by atoms with Gasteiger partial charge in [-0.3, -0.25) is 9.59 Å². The van der Waals surface area contributed by atoms with Gasteiger partial charge in [-0.2, -0.15) is 0 Å². The van der Waals surface area contributed by atoms with Crippen LogP contribution in [0.3, 0.4) is 0 Å². The molecule has 23 heavy (non-hydrogen) atoms. The van der Waals surface area contributed by atoms with E-state index in [1.54, 1.807) is 31.2 Å². The maximum Gasteiger partial charge on any atom is 0.248 e. The Morgan fingerprint density at radius 1 is 1.30 bits per heavy atom. The lowest BCUT2D eigenvalue weighted by atomic mass is 10.2. The summed E-state index contributed by atoms with van der Waals surface area (Å²) in [7, 11) is 0. The Bertz CT molecular complexity index is 687. The van der Waals surface area contributed by atoms with Gasteiger partial charge in [0.2, 0.25) is 16.9 Å². The smallest absolute Gasteiger partial charge is 0.248 e. The van der Waals surface area contributed by atoms with Gasteiger partial charge in [-0.05, 0) is 38.1 Å². The van der Waals surface area contributed by atoms with Crippen molar-refractivity contribution in [1.29, 1.82) is 0 Å². The highest BCUT2D eigenvalue weighted by atomic mass is 32.2. The number of hydrogen-bond donors (Lipinski definition) is 3. The van der Waals surface area contributed by atoms with Crippen molar-refractivity contribution >= 4 is 45.7 Å². The summed E-state index contributed by atoms with van der Waals surface area (Å²) >= 11 is 2.76. The fourth-order valence-corrected chi connectivity index (χ4v) is 3.61. The van der Waals surface area contributed by atoms with Crippen LogP contribution in [-0.2, 0) is 4.79 Å². The fraction of sp³-hybridized carbons (Fsp3) is 0.286. The van der Waals surface area contributed by atoms with E-state index in [-0.39, 0.29) is 11.2 Å². The minimum atomic E-state index is -0.500. The zero-order chi connectivity index (χ0) is 16.8. The second kappa shape index (κ2) is 7.93. The number of aromatic nitrogens is 2. The van der Waals surface area contributed by atoms with Crippen molar-refractivity contribution in [3.05, 3.63) is 29.8 Å². The third kappa shape index (κ3) is 4.93. The lowest BCUT2D eigenvalue weighted by Gasteiger charge is -2.10. The van der Waals surface area contributed by atoms with E-state index in [9.17, 15) is 9.59 Å². The van der Waals surface area contributed by atoms with Gasteiger partial charge in [0, 0.05) is 17.8 Å². The molecule has 0 spiro atoms. The van der Waals surface area contributed by atoms with Crippen LogP contribution in [0.1, 0.15) is 24.2 Å². The van der Waals surface area contributed by atoms with Gasteiger partial charge in [0.05, 0.1) is 5.25 Å². The third-order valence-electron chi connectivity index (χ3n) is 2.82. The quantitative estimate of drug-likeness (QED) is 0.660. The van der Waals surface area contributed by atoms with Gasteiger partial charge in [-0.25, -0.2) is 0 Å². The van der Waals surface area contributed by atoms with Crippen molar-refractivity contribution in [3.63, 3.8) is 0 Å². The highest BCUT2D eigenvalue weighted by molar-refractivity contribution is 8.02. The van der Waals surface area contributed by atoms with Crippen LogP contribution in [0.15, 0.2) is 28.6 Å². The van der Waals surface area contributed by atoms with Crippen molar-refractivity contribution in [1.82, 2.24) is 10.2 Å². The summed E-state index contributed by atoms with van der Waals surface area (Å²) < 4.78 is 0.729. The number of hydrogen-bond acceptors (Lipinski definition) is 7. The van der Waals surface area contributed by atoms with Crippen LogP contribution in [0, 0.1) is 0 Å². The van der Waals surface area contributed by atoms with Crippen LogP contribution in [-0.4, -0.2) is 33.8 Å². The monoisotopic (exact) mass is 351 g/mol. The molecule has 9 heteroatoms. The molecule has 0 bridgehead atoms. The van der Waals surface area contributed by atoms with Gasteiger partial charge in [0.15, 0.2) is 4.34 Å². The molecule has 2 aromatic rings. The summed E-state index contributed by atoms with van der Waals surface area (Å²) in [5, 5.41) is 14.3. The molecule has 0 aliphatic rings. The minimum absolute atomic E-state index is 0.151. The fourth-order valence-electron chi connectivity index (χ4n) is 1.65. The highest BCUT2D eigenvalue weighted by Gasteiger charge is 2.17. The molecule has 0 unspecified atom stereocenters. The number of carbonyl (C=O) groups is 2. The predicted octanol–water partition coefficient (Wildman–Crippen LogP) is 2.19. The Morgan fingerprint density at radius 2 is 2.00 bits per heavy atom. The van der Waals surface area contributed by atoms with Crippen LogP contribution in [0.2, 0.25) is 0 Å². The molecule has 1 atom stereocenters. The van der Waals surface area contributed by atoms with Crippen molar-refractivity contribution in [2.75, 3.05) is 17.2 Å². The van der Waals surface area contributed by atoms with Crippen LogP contribution < -0.4 is 16.4 Å². The summed E-state index contributed by atoms with van der Waals surface area (Å²) in [6, 6.07) is 6.43. The SMILES string of the molecule is CCNc1nnc(S[C@H](C)C(=O)Nc2ccc(C(N)=O)cc2)s1. The normalized spacial score (nSPS) is 11.7. The van der Waals surface area contributed by atoms with Gasteiger partial charge >= 0.3 is 0 Å². The molecule has 0 aliphatic heterocycles. The molecule has 1 heterocycles. The lowest BCUT2D eigenvalue weighted by molar-refractivity contribution is -0.115. The first-order valence-electron chi connectivity index (χ1n) is 6.94.